The van der Waals surface area contributed by atoms with Crippen molar-refractivity contribution in [3.63, 3.8) is 0 Å². The molecule has 0 fully saturated rings. The van der Waals surface area contributed by atoms with Gasteiger partial charge in [-0.05, 0) is 35.2 Å². The van der Waals surface area contributed by atoms with Crippen LogP contribution in [-0.4, -0.2) is 16.6 Å². The molecule has 0 unspecified atom stereocenters. The van der Waals surface area contributed by atoms with E-state index in [9.17, 15) is 4.79 Å². The van der Waals surface area contributed by atoms with Crippen LogP contribution in [0.15, 0.2) is 53.7 Å². The van der Waals surface area contributed by atoms with E-state index in [1.165, 1.54) is 4.90 Å². The Kier molecular flexibility index (Phi) is 4.48. The largest absolute Gasteiger partial charge is 0.348 e. The standard InChI is InChI=1S/C18H20N2OS/c1-12(2)17(13-7-9-19-10-8-13)20-18(21)15-11-22-16-6-4-3-5-14(15)16/h3-10,12,15,17H,11H2,1-2H3,(H,20,21)/t15-,17-/m0/s1. The van der Waals surface area contributed by atoms with Crippen molar-refractivity contribution < 1.29 is 4.79 Å². The Labute approximate surface area is 135 Å². The van der Waals surface area contributed by atoms with Crippen LogP contribution in [0.25, 0.3) is 0 Å². The summed E-state index contributed by atoms with van der Waals surface area (Å²) >= 11 is 1.76. The molecule has 2 aromatic rings. The molecule has 0 saturated carbocycles. The number of aromatic nitrogens is 1. The molecule has 22 heavy (non-hydrogen) atoms. The van der Waals surface area contributed by atoms with Crippen LogP contribution < -0.4 is 5.32 Å². The van der Waals surface area contributed by atoms with Gasteiger partial charge in [0.15, 0.2) is 0 Å². The van der Waals surface area contributed by atoms with Crippen molar-refractivity contribution in [2.24, 2.45) is 5.92 Å². The van der Waals surface area contributed by atoms with Gasteiger partial charge < -0.3 is 5.32 Å². The second kappa shape index (κ2) is 6.53. The second-order valence-corrected chi connectivity index (χ2v) is 6.97. The number of nitrogens with zero attached hydrogens (tertiary/aromatic N) is 1. The molecule has 1 aromatic heterocycles. The maximum Gasteiger partial charge on any atom is 0.228 e. The third-order valence-electron chi connectivity index (χ3n) is 4.05. The van der Waals surface area contributed by atoms with Gasteiger partial charge in [-0.25, -0.2) is 0 Å². The van der Waals surface area contributed by atoms with E-state index >= 15 is 0 Å². The van der Waals surface area contributed by atoms with Crippen LogP contribution in [0.4, 0.5) is 0 Å². The molecule has 1 aromatic carbocycles. The summed E-state index contributed by atoms with van der Waals surface area (Å²) in [6.45, 7) is 4.26. The number of carbonyl (C=O) groups is 1. The summed E-state index contributed by atoms with van der Waals surface area (Å²) in [7, 11) is 0. The Hall–Kier alpha value is -1.81. The number of fused-ring (bicyclic) bond motifs is 1. The molecule has 1 aliphatic rings. The van der Waals surface area contributed by atoms with Gasteiger partial charge in [0.05, 0.1) is 12.0 Å². The number of carbonyl (C=O) groups excluding carboxylic acids is 1. The maximum absolute atomic E-state index is 12.8. The number of nitrogens with one attached hydrogen (secondary N) is 1. The first-order valence-electron chi connectivity index (χ1n) is 7.59. The van der Waals surface area contributed by atoms with Crippen molar-refractivity contribution in [3.8, 4) is 0 Å². The summed E-state index contributed by atoms with van der Waals surface area (Å²) in [5.74, 6) is 1.22. The van der Waals surface area contributed by atoms with Gasteiger partial charge in [0.25, 0.3) is 0 Å². The minimum Gasteiger partial charge on any atom is -0.348 e. The fourth-order valence-electron chi connectivity index (χ4n) is 2.84. The third kappa shape index (κ3) is 3.02. The molecule has 1 amide bonds. The van der Waals surface area contributed by atoms with Crippen molar-refractivity contribution in [3.05, 3.63) is 59.9 Å². The Bertz CT molecular complexity index is 657. The molecule has 0 aliphatic carbocycles. The smallest absolute Gasteiger partial charge is 0.228 e. The summed E-state index contributed by atoms with van der Waals surface area (Å²) in [5.41, 5.74) is 2.26. The van der Waals surface area contributed by atoms with Gasteiger partial charge in [-0.15, -0.1) is 11.8 Å². The highest BCUT2D eigenvalue weighted by Gasteiger charge is 2.31. The summed E-state index contributed by atoms with van der Waals surface area (Å²) in [5, 5.41) is 3.24. The van der Waals surface area contributed by atoms with Crippen LogP contribution in [-0.2, 0) is 4.79 Å². The van der Waals surface area contributed by atoms with E-state index in [0.29, 0.717) is 5.92 Å². The van der Waals surface area contributed by atoms with E-state index in [0.717, 1.165) is 16.9 Å². The van der Waals surface area contributed by atoms with E-state index in [1.807, 2.05) is 24.3 Å². The topological polar surface area (TPSA) is 42.0 Å². The molecule has 4 heteroatoms. The minimum absolute atomic E-state index is 0.0215. The lowest BCUT2D eigenvalue weighted by molar-refractivity contribution is -0.123. The molecular weight excluding hydrogens is 292 g/mol. The molecule has 0 radical (unpaired) electrons. The summed E-state index contributed by atoms with van der Waals surface area (Å²) in [4.78, 5) is 18.0. The highest BCUT2D eigenvalue weighted by atomic mass is 32.2. The van der Waals surface area contributed by atoms with Crippen molar-refractivity contribution >= 4 is 17.7 Å². The van der Waals surface area contributed by atoms with Gasteiger partial charge in [0, 0.05) is 23.0 Å². The number of hydrogen-bond acceptors (Lipinski definition) is 3. The number of amides is 1. The zero-order valence-electron chi connectivity index (χ0n) is 12.8. The first-order chi connectivity index (χ1) is 10.7. The molecule has 3 nitrogen and oxygen atoms in total. The van der Waals surface area contributed by atoms with Gasteiger partial charge in [-0.3, -0.25) is 9.78 Å². The van der Waals surface area contributed by atoms with Crippen LogP contribution in [0, 0.1) is 5.92 Å². The molecule has 114 valence electrons. The van der Waals surface area contributed by atoms with Crippen molar-refractivity contribution in [1.29, 1.82) is 0 Å². The summed E-state index contributed by atoms with van der Waals surface area (Å²) < 4.78 is 0. The van der Waals surface area contributed by atoms with Gasteiger partial charge in [0.2, 0.25) is 5.91 Å². The van der Waals surface area contributed by atoms with Gasteiger partial charge >= 0.3 is 0 Å². The lowest BCUT2D eigenvalue weighted by Gasteiger charge is -2.24. The lowest BCUT2D eigenvalue weighted by Crippen LogP contribution is -2.35. The average molecular weight is 312 g/mol. The van der Waals surface area contributed by atoms with Crippen LogP contribution >= 0.6 is 11.8 Å². The SMILES string of the molecule is CC(C)[C@H](NC(=O)[C@H]1CSc2ccccc21)c1ccncc1. The van der Waals surface area contributed by atoms with Crippen molar-refractivity contribution in [2.75, 3.05) is 5.75 Å². The predicted molar refractivity (Wildman–Crippen MR) is 89.9 cm³/mol. The molecule has 0 bridgehead atoms. The average Bonchev–Trinajstić information content (AvgIpc) is 2.97. The molecule has 2 heterocycles. The minimum atomic E-state index is -0.0516. The molecule has 0 saturated heterocycles. The van der Waals surface area contributed by atoms with Gasteiger partial charge in [0.1, 0.15) is 0 Å². The first kappa shape index (κ1) is 15.1. The number of benzene rings is 1. The first-order valence-corrected chi connectivity index (χ1v) is 8.57. The molecule has 0 spiro atoms. The monoisotopic (exact) mass is 312 g/mol. The van der Waals surface area contributed by atoms with E-state index in [2.05, 4.69) is 36.3 Å². The molecule has 1 N–H and O–H groups in total. The van der Waals surface area contributed by atoms with Crippen molar-refractivity contribution in [2.45, 2.75) is 30.7 Å². The predicted octanol–water partition coefficient (Wildman–Crippen LogP) is 3.78. The number of rotatable bonds is 4. The molecule has 1 aliphatic heterocycles. The zero-order valence-corrected chi connectivity index (χ0v) is 13.6. The van der Waals surface area contributed by atoms with Gasteiger partial charge in [-0.1, -0.05) is 32.0 Å². The van der Waals surface area contributed by atoms with Gasteiger partial charge in [-0.2, -0.15) is 0 Å². The second-order valence-electron chi connectivity index (χ2n) is 5.91. The Morgan fingerprint density at radius 2 is 1.95 bits per heavy atom. The third-order valence-corrected chi connectivity index (χ3v) is 5.23. The Morgan fingerprint density at radius 1 is 1.23 bits per heavy atom. The highest BCUT2D eigenvalue weighted by molar-refractivity contribution is 7.99. The summed E-state index contributed by atoms with van der Waals surface area (Å²) in [6, 6.07) is 12.2. The van der Waals surface area contributed by atoms with E-state index in [-0.39, 0.29) is 17.9 Å². The van der Waals surface area contributed by atoms with Crippen LogP contribution in [0.5, 0.6) is 0 Å². The number of pyridine rings is 1. The van der Waals surface area contributed by atoms with E-state index in [1.54, 1.807) is 24.2 Å². The van der Waals surface area contributed by atoms with Crippen molar-refractivity contribution in [1.82, 2.24) is 10.3 Å². The van der Waals surface area contributed by atoms with Crippen LogP contribution in [0.2, 0.25) is 0 Å². The fraction of sp³-hybridized carbons (Fsp3) is 0.333. The van der Waals surface area contributed by atoms with Crippen LogP contribution in [0.3, 0.4) is 0 Å². The lowest BCUT2D eigenvalue weighted by atomic mass is 9.94. The normalized spacial score (nSPS) is 18.0. The maximum atomic E-state index is 12.8. The Morgan fingerprint density at radius 3 is 2.68 bits per heavy atom. The fourth-order valence-corrected chi connectivity index (χ4v) is 4.07. The molecule has 2 atom stereocenters. The van der Waals surface area contributed by atoms with Crippen LogP contribution in [0.1, 0.15) is 36.9 Å². The zero-order chi connectivity index (χ0) is 15.5. The number of hydrogen-bond donors (Lipinski definition) is 1. The summed E-state index contributed by atoms with van der Waals surface area (Å²) in [6.07, 6.45) is 3.55. The quantitative estimate of drug-likeness (QED) is 0.934. The Balaban J connectivity index is 1.78. The molecular formula is C18H20N2OS. The van der Waals surface area contributed by atoms with E-state index in [4.69, 9.17) is 0 Å². The van der Waals surface area contributed by atoms with E-state index < -0.39 is 0 Å². The number of thioether (sulfide) groups is 1. The molecule has 3 rings (SSSR count). The highest BCUT2D eigenvalue weighted by Crippen LogP contribution is 2.39.